The van der Waals surface area contributed by atoms with Gasteiger partial charge in [-0.15, -0.1) is 0 Å². The average molecular weight is 403 g/mol. The molecule has 2 heterocycles. The third-order valence-corrected chi connectivity index (χ3v) is 5.73. The Morgan fingerprint density at radius 2 is 1.72 bits per heavy atom. The molecule has 0 N–H and O–H groups in total. The molecule has 0 aliphatic carbocycles. The molecule has 160 valence electrons. The van der Waals surface area contributed by atoms with Gasteiger partial charge in [0, 0.05) is 6.54 Å². The summed E-state index contributed by atoms with van der Waals surface area (Å²) in [4.78, 5) is 26.4. The number of ether oxygens (including phenoxy) is 2. The van der Waals surface area contributed by atoms with Gasteiger partial charge in [-0.1, -0.05) is 31.5 Å². The first kappa shape index (κ1) is 21.8. The molecule has 2 unspecified atom stereocenters. The third-order valence-electron chi connectivity index (χ3n) is 5.73. The van der Waals surface area contributed by atoms with Crippen molar-refractivity contribution in [3.05, 3.63) is 34.4 Å². The second kappa shape index (κ2) is 8.44. The minimum atomic E-state index is -0.644. The van der Waals surface area contributed by atoms with Crippen molar-refractivity contribution in [1.82, 2.24) is 10.0 Å². The molecule has 0 aromatic heterocycles. The van der Waals surface area contributed by atoms with Gasteiger partial charge in [-0.3, -0.25) is 14.6 Å². The van der Waals surface area contributed by atoms with E-state index in [4.69, 9.17) is 9.47 Å². The van der Waals surface area contributed by atoms with Crippen molar-refractivity contribution < 1.29 is 19.1 Å². The lowest BCUT2D eigenvalue weighted by atomic mass is 9.85. The fourth-order valence-corrected chi connectivity index (χ4v) is 4.24. The monoisotopic (exact) mass is 402 g/mol. The predicted octanol–water partition coefficient (Wildman–Crippen LogP) is 3.21. The molecule has 1 aromatic rings. The molecule has 1 aromatic carbocycles. The second-order valence-electron chi connectivity index (χ2n) is 8.96. The molecule has 0 radical (unpaired) electrons. The fraction of sp³-hybridized carbons (Fsp3) is 0.652. The Hall–Kier alpha value is -1.92. The van der Waals surface area contributed by atoms with E-state index in [0.717, 1.165) is 29.5 Å². The highest BCUT2D eigenvalue weighted by molar-refractivity contribution is 5.88. The molecule has 2 aliphatic rings. The Labute approximate surface area is 174 Å². The van der Waals surface area contributed by atoms with Crippen molar-refractivity contribution in [3.63, 3.8) is 0 Å². The van der Waals surface area contributed by atoms with E-state index in [1.807, 2.05) is 25.8 Å². The Balaban J connectivity index is 2.12. The van der Waals surface area contributed by atoms with Crippen LogP contribution in [0.2, 0.25) is 0 Å². The summed E-state index contributed by atoms with van der Waals surface area (Å²) >= 11 is 0. The zero-order valence-corrected chi connectivity index (χ0v) is 18.6. The zero-order valence-electron chi connectivity index (χ0n) is 18.6. The Morgan fingerprint density at radius 3 is 2.28 bits per heavy atom. The number of benzene rings is 1. The molecular weight excluding hydrogens is 368 g/mol. The molecular formula is C23H34N2O4. The predicted molar refractivity (Wildman–Crippen MR) is 111 cm³/mol. The fourth-order valence-electron chi connectivity index (χ4n) is 4.24. The smallest absolute Gasteiger partial charge is 0.312 e. The summed E-state index contributed by atoms with van der Waals surface area (Å²) in [7, 11) is 0. The highest BCUT2D eigenvalue weighted by Crippen LogP contribution is 2.40. The maximum Gasteiger partial charge on any atom is 0.312 e. The number of esters is 1. The molecule has 0 bridgehead atoms. The lowest BCUT2D eigenvalue weighted by molar-refractivity contribution is -0.178. The third kappa shape index (κ3) is 4.19. The maximum atomic E-state index is 13.6. The average Bonchev–Trinajstić information content (AvgIpc) is 2.82. The summed E-state index contributed by atoms with van der Waals surface area (Å²) in [6, 6.07) is 4.32. The van der Waals surface area contributed by atoms with Gasteiger partial charge in [0.05, 0.1) is 25.2 Å². The van der Waals surface area contributed by atoms with Crippen molar-refractivity contribution in [2.45, 2.75) is 66.5 Å². The van der Waals surface area contributed by atoms with Crippen LogP contribution in [0.15, 0.2) is 12.1 Å². The van der Waals surface area contributed by atoms with Gasteiger partial charge in [0.2, 0.25) is 5.91 Å². The Bertz CT molecular complexity index is 759. The normalized spacial score (nSPS) is 23.1. The Morgan fingerprint density at radius 1 is 1.14 bits per heavy atom. The van der Waals surface area contributed by atoms with E-state index in [2.05, 4.69) is 32.9 Å². The van der Waals surface area contributed by atoms with Gasteiger partial charge in [-0.2, -0.15) is 5.01 Å². The van der Waals surface area contributed by atoms with E-state index in [9.17, 15) is 9.59 Å². The highest BCUT2D eigenvalue weighted by Gasteiger charge is 2.51. The van der Waals surface area contributed by atoms with Gasteiger partial charge in [0.15, 0.2) is 6.23 Å². The molecule has 3 rings (SSSR count). The summed E-state index contributed by atoms with van der Waals surface area (Å²) in [5.41, 5.74) is 3.91. The molecule has 2 fully saturated rings. The van der Waals surface area contributed by atoms with Crippen molar-refractivity contribution in [2.75, 3.05) is 26.3 Å². The number of fused-ring (bicyclic) bond motifs is 1. The van der Waals surface area contributed by atoms with Crippen LogP contribution in [-0.2, 0) is 31.9 Å². The van der Waals surface area contributed by atoms with Crippen LogP contribution in [0.1, 0.15) is 62.8 Å². The maximum absolute atomic E-state index is 13.6. The molecule has 0 saturated carbocycles. The number of aryl methyl sites for hydroxylation is 3. The molecule has 29 heavy (non-hydrogen) atoms. The number of carbonyl (C=O) groups excluding carboxylic acids is 2. The molecule has 6 heteroatoms. The first-order chi connectivity index (χ1) is 13.7. The number of rotatable bonds is 4. The van der Waals surface area contributed by atoms with Crippen LogP contribution >= 0.6 is 0 Å². The highest BCUT2D eigenvalue weighted by atomic mass is 16.6. The van der Waals surface area contributed by atoms with Gasteiger partial charge in [-0.25, -0.2) is 0 Å². The van der Waals surface area contributed by atoms with E-state index in [-0.39, 0.29) is 11.9 Å². The number of carbonyl (C=O) groups is 2. The number of hydrazine groups is 1. The first-order valence-electron chi connectivity index (χ1n) is 10.7. The number of nitrogens with zero attached hydrogens (tertiary/aromatic N) is 2. The first-order valence-corrected chi connectivity index (χ1v) is 10.7. The SMILES string of the molecule is CCc1cc(C)cc(CC)c1C1C(=O)N2CCOCCN2C1OC(=O)C(C)(C)C. The summed E-state index contributed by atoms with van der Waals surface area (Å²) in [6.07, 6.45) is 1.02. The van der Waals surface area contributed by atoms with Gasteiger partial charge in [0.1, 0.15) is 5.92 Å². The van der Waals surface area contributed by atoms with E-state index in [1.165, 1.54) is 5.56 Å². The van der Waals surface area contributed by atoms with Crippen LogP contribution in [0.25, 0.3) is 0 Å². The molecule has 6 nitrogen and oxygen atoms in total. The van der Waals surface area contributed by atoms with Gasteiger partial charge < -0.3 is 9.47 Å². The van der Waals surface area contributed by atoms with Gasteiger partial charge >= 0.3 is 5.97 Å². The topological polar surface area (TPSA) is 59.1 Å². The summed E-state index contributed by atoms with van der Waals surface area (Å²) in [6.45, 7) is 13.8. The zero-order chi connectivity index (χ0) is 21.3. The van der Waals surface area contributed by atoms with E-state index >= 15 is 0 Å². The summed E-state index contributed by atoms with van der Waals surface area (Å²) in [5.74, 6) is -0.809. The van der Waals surface area contributed by atoms with Crippen molar-refractivity contribution in [1.29, 1.82) is 0 Å². The van der Waals surface area contributed by atoms with Crippen LogP contribution in [0.5, 0.6) is 0 Å². The largest absolute Gasteiger partial charge is 0.443 e. The number of hydrogen-bond acceptors (Lipinski definition) is 5. The number of hydrogen-bond donors (Lipinski definition) is 0. The molecule has 2 saturated heterocycles. The van der Waals surface area contributed by atoms with Crippen LogP contribution in [-0.4, -0.2) is 54.4 Å². The van der Waals surface area contributed by atoms with Gasteiger partial charge in [-0.05, 0) is 57.2 Å². The van der Waals surface area contributed by atoms with E-state index in [1.54, 1.807) is 5.01 Å². The lowest BCUT2D eigenvalue weighted by Gasteiger charge is -2.31. The summed E-state index contributed by atoms with van der Waals surface area (Å²) in [5, 5.41) is 3.64. The van der Waals surface area contributed by atoms with E-state index in [0.29, 0.717) is 26.3 Å². The Kier molecular flexibility index (Phi) is 6.34. The second-order valence-corrected chi connectivity index (χ2v) is 8.96. The van der Waals surface area contributed by atoms with E-state index < -0.39 is 17.6 Å². The number of amides is 1. The summed E-state index contributed by atoms with van der Waals surface area (Å²) < 4.78 is 11.6. The van der Waals surface area contributed by atoms with Crippen molar-refractivity contribution >= 4 is 11.9 Å². The standard InChI is InChI=1S/C23H34N2O4/c1-7-16-13-15(3)14-17(8-2)18(16)19-20(26)24-9-11-28-12-10-25(24)21(19)29-22(27)23(4,5)6/h13-14,19,21H,7-12H2,1-6H3. The molecule has 0 spiro atoms. The van der Waals surface area contributed by atoms with Gasteiger partial charge in [0.25, 0.3) is 0 Å². The molecule has 2 aliphatic heterocycles. The minimum absolute atomic E-state index is 0.00420. The van der Waals surface area contributed by atoms with Crippen molar-refractivity contribution in [3.8, 4) is 0 Å². The van der Waals surface area contributed by atoms with Crippen LogP contribution in [0.4, 0.5) is 0 Å². The quantitative estimate of drug-likeness (QED) is 0.724. The molecule has 2 atom stereocenters. The lowest BCUT2D eigenvalue weighted by Crippen LogP contribution is -2.46. The van der Waals surface area contributed by atoms with Crippen molar-refractivity contribution in [2.24, 2.45) is 5.41 Å². The molecule has 1 amide bonds. The van der Waals surface area contributed by atoms with Crippen LogP contribution in [0.3, 0.4) is 0 Å². The minimum Gasteiger partial charge on any atom is -0.443 e. The van der Waals surface area contributed by atoms with Crippen LogP contribution in [0, 0.1) is 12.3 Å². The van der Waals surface area contributed by atoms with Crippen LogP contribution < -0.4 is 0 Å².